The molecule has 27 heavy (non-hydrogen) atoms. The van der Waals surface area contributed by atoms with E-state index in [9.17, 15) is 14.4 Å². The van der Waals surface area contributed by atoms with E-state index in [4.69, 9.17) is 9.47 Å². The highest BCUT2D eigenvalue weighted by Crippen LogP contribution is 2.33. The van der Waals surface area contributed by atoms with Gasteiger partial charge in [0, 0.05) is 18.3 Å². The molecule has 1 aromatic carbocycles. The van der Waals surface area contributed by atoms with E-state index in [1.54, 1.807) is 24.0 Å². The second-order valence-electron chi connectivity index (χ2n) is 5.82. The van der Waals surface area contributed by atoms with Gasteiger partial charge in [0.25, 0.3) is 0 Å². The third-order valence-electron chi connectivity index (χ3n) is 4.09. The lowest BCUT2D eigenvalue weighted by atomic mass is 10.1. The monoisotopic (exact) mass is 389 g/mol. The number of nitrogens with one attached hydrogen (secondary N) is 1. The molecule has 2 aromatic rings. The molecule has 0 bridgehead atoms. The van der Waals surface area contributed by atoms with Crippen molar-refractivity contribution in [2.45, 2.75) is 13.3 Å². The van der Waals surface area contributed by atoms with Gasteiger partial charge in [0.1, 0.15) is 5.75 Å². The van der Waals surface area contributed by atoms with Crippen molar-refractivity contribution in [3.63, 3.8) is 0 Å². The van der Waals surface area contributed by atoms with Crippen LogP contribution in [0.3, 0.4) is 0 Å². The number of methoxy groups -OCH3 is 1. The second kappa shape index (κ2) is 8.17. The molecule has 2 amide bonds. The first-order valence-electron chi connectivity index (χ1n) is 8.40. The number of benzene rings is 1. The maximum Gasteiger partial charge on any atom is 0.357 e. The van der Waals surface area contributed by atoms with Crippen LogP contribution in [0.2, 0.25) is 0 Å². The van der Waals surface area contributed by atoms with Gasteiger partial charge in [-0.05, 0) is 19.1 Å². The molecule has 1 atom stereocenters. The number of carbonyl (C=O) groups excluding carboxylic acids is 3. The zero-order valence-electron chi connectivity index (χ0n) is 14.9. The molecule has 1 aromatic heterocycles. The highest BCUT2D eigenvalue weighted by atomic mass is 32.1. The molecule has 1 fully saturated rings. The zero-order valence-corrected chi connectivity index (χ0v) is 15.7. The smallest absolute Gasteiger partial charge is 0.357 e. The molecule has 8 nitrogen and oxygen atoms in total. The minimum Gasteiger partial charge on any atom is -0.495 e. The van der Waals surface area contributed by atoms with E-state index < -0.39 is 11.9 Å². The van der Waals surface area contributed by atoms with Gasteiger partial charge in [-0.1, -0.05) is 12.1 Å². The number of para-hydroxylation sites is 2. The minimum absolute atomic E-state index is 0.0972. The zero-order chi connectivity index (χ0) is 19.4. The van der Waals surface area contributed by atoms with Crippen molar-refractivity contribution in [1.82, 2.24) is 4.98 Å². The average Bonchev–Trinajstić information content (AvgIpc) is 3.28. The Morgan fingerprint density at radius 2 is 2.15 bits per heavy atom. The highest BCUT2D eigenvalue weighted by molar-refractivity contribution is 7.14. The summed E-state index contributed by atoms with van der Waals surface area (Å²) in [7, 11) is 1.53. The number of aromatic nitrogens is 1. The maximum atomic E-state index is 12.5. The molecule has 2 heterocycles. The first-order chi connectivity index (χ1) is 13.0. The van der Waals surface area contributed by atoms with E-state index in [1.165, 1.54) is 12.5 Å². The number of carbonyl (C=O) groups is 3. The Morgan fingerprint density at radius 3 is 2.89 bits per heavy atom. The van der Waals surface area contributed by atoms with Crippen LogP contribution in [0, 0.1) is 5.92 Å². The Bertz CT molecular complexity index is 866. The number of hydrogen-bond donors (Lipinski definition) is 1. The molecule has 142 valence electrons. The minimum atomic E-state index is -0.535. The number of thiazole rings is 1. The fourth-order valence-electron chi connectivity index (χ4n) is 2.81. The second-order valence-corrected chi connectivity index (χ2v) is 6.68. The fourth-order valence-corrected chi connectivity index (χ4v) is 3.49. The lowest BCUT2D eigenvalue weighted by Gasteiger charge is -2.19. The fraction of sp³-hybridized carbons (Fsp3) is 0.333. The Hall–Kier alpha value is -2.94. The summed E-state index contributed by atoms with van der Waals surface area (Å²) in [5.41, 5.74) is 0.787. The van der Waals surface area contributed by atoms with Crippen LogP contribution >= 0.6 is 11.3 Å². The molecule has 1 aliphatic rings. The number of nitrogens with zero attached hydrogens (tertiary/aromatic N) is 2. The molecule has 0 spiro atoms. The van der Waals surface area contributed by atoms with Gasteiger partial charge in [-0.2, -0.15) is 0 Å². The van der Waals surface area contributed by atoms with Gasteiger partial charge in [0.2, 0.25) is 11.8 Å². The summed E-state index contributed by atoms with van der Waals surface area (Å²) in [6, 6.07) is 7.17. The van der Waals surface area contributed by atoms with Gasteiger partial charge in [-0.3, -0.25) is 9.59 Å². The Labute approximate surface area is 160 Å². The molecule has 1 saturated heterocycles. The molecule has 0 aliphatic carbocycles. The molecular weight excluding hydrogens is 370 g/mol. The average molecular weight is 389 g/mol. The van der Waals surface area contributed by atoms with E-state index >= 15 is 0 Å². The van der Waals surface area contributed by atoms with Crippen molar-refractivity contribution in [1.29, 1.82) is 0 Å². The van der Waals surface area contributed by atoms with E-state index in [0.29, 0.717) is 16.6 Å². The van der Waals surface area contributed by atoms with E-state index in [1.807, 2.05) is 12.1 Å². The van der Waals surface area contributed by atoms with Crippen LogP contribution in [0.5, 0.6) is 5.75 Å². The van der Waals surface area contributed by atoms with Crippen LogP contribution in [0.4, 0.5) is 10.8 Å². The summed E-state index contributed by atoms with van der Waals surface area (Å²) in [6.45, 7) is 2.21. The van der Waals surface area contributed by atoms with Crippen molar-refractivity contribution >= 4 is 39.9 Å². The van der Waals surface area contributed by atoms with Crippen LogP contribution in [0.15, 0.2) is 29.6 Å². The number of esters is 1. The lowest BCUT2D eigenvalue weighted by molar-refractivity contribution is -0.122. The number of ether oxygens (including phenoxy) is 2. The molecule has 3 rings (SSSR count). The summed E-state index contributed by atoms with van der Waals surface area (Å²) in [4.78, 5) is 42.2. The van der Waals surface area contributed by atoms with E-state index in [0.717, 1.165) is 11.3 Å². The first kappa shape index (κ1) is 18.8. The molecule has 1 aliphatic heterocycles. The molecular formula is C18H19N3O5S. The predicted molar refractivity (Wildman–Crippen MR) is 100 cm³/mol. The molecule has 0 saturated carbocycles. The number of rotatable bonds is 6. The standard InChI is InChI=1S/C18H19N3O5S/c1-3-26-17(24)12-10-27-18(19-12)20-16(23)11-8-15(22)21(9-11)13-6-4-5-7-14(13)25-2/h4-7,10-11H,3,8-9H2,1-2H3,(H,19,20,23)/t11-/m0/s1. The van der Waals surface area contributed by atoms with Crippen molar-refractivity contribution in [2.75, 3.05) is 30.5 Å². The third kappa shape index (κ3) is 4.08. The van der Waals surface area contributed by atoms with Gasteiger partial charge in [-0.15, -0.1) is 11.3 Å². The predicted octanol–water partition coefficient (Wildman–Crippen LogP) is 2.32. The molecule has 1 N–H and O–H groups in total. The third-order valence-corrected chi connectivity index (χ3v) is 4.85. The summed E-state index contributed by atoms with van der Waals surface area (Å²) in [6.07, 6.45) is 0.0972. The van der Waals surface area contributed by atoms with Gasteiger partial charge in [-0.25, -0.2) is 9.78 Å². The topological polar surface area (TPSA) is 97.8 Å². The number of amides is 2. The van der Waals surface area contributed by atoms with Crippen molar-refractivity contribution in [2.24, 2.45) is 5.92 Å². The maximum absolute atomic E-state index is 12.5. The van der Waals surface area contributed by atoms with Crippen LogP contribution in [-0.4, -0.2) is 43.0 Å². The van der Waals surface area contributed by atoms with Crippen molar-refractivity contribution in [3.05, 3.63) is 35.3 Å². The Morgan fingerprint density at radius 1 is 1.37 bits per heavy atom. The summed E-state index contributed by atoms with van der Waals surface area (Å²) in [5.74, 6) is -0.938. The summed E-state index contributed by atoms with van der Waals surface area (Å²) < 4.78 is 10.2. The van der Waals surface area contributed by atoms with Crippen LogP contribution in [0.1, 0.15) is 23.8 Å². The van der Waals surface area contributed by atoms with Crippen LogP contribution < -0.4 is 15.0 Å². The summed E-state index contributed by atoms with van der Waals surface area (Å²) >= 11 is 1.13. The highest BCUT2D eigenvalue weighted by Gasteiger charge is 2.36. The molecule has 0 unspecified atom stereocenters. The SMILES string of the molecule is CCOC(=O)c1csc(NC(=O)[C@H]2CC(=O)N(c3ccccc3OC)C2)n1. The Balaban J connectivity index is 1.67. The van der Waals surface area contributed by atoms with Gasteiger partial charge in [0.05, 0.1) is 25.3 Å². The van der Waals surface area contributed by atoms with Crippen molar-refractivity contribution < 1.29 is 23.9 Å². The van der Waals surface area contributed by atoms with E-state index in [2.05, 4.69) is 10.3 Å². The number of anilines is 2. The van der Waals surface area contributed by atoms with E-state index in [-0.39, 0.29) is 37.1 Å². The number of hydrogen-bond acceptors (Lipinski definition) is 7. The molecule has 0 radical (unpaired) electrons. The van der Waals surface area contributed by atoms with Crippen LogP contribution in [0.25, 0.3) is 0 Å². The van der Waals surface area contributed by atoms with Crippen molar-refractivity contribution in [3.8, 4) is 5.75 Å². The summed E-state index contributed by atoms with van der Waals surface area (Å²) in [5, 5.41) is 4.49. The largest absolute Gasteiger partial charge is 0.495 e. The molecule has 9 heteroatoms. The normalized spacial score (nSPS) is 16.3. The lowest BCUT2D eigenvalue weighted by Crippen LogP contribution is -2.28. The van der Waals surface area contributed by atoms with Gasteiger partial charge < -0.3 is 19.7 Å². The van der Waals surface area contributed by atoms with Crippen LogP contribution in [-0.2, 0) is 14.3 Å². The Kier molecular flexibility index (Phi) is 5.70. The quantitative estimate of drug-likeness (QED) is 0.762. The van der Waals surface area contributed by atoms with Gasteiger partial charge in [0.15, 0.2) is 10.8 Å². The van der Waals surface area contributed by atoms with Gasteiger partial charge >= 0.3 is 5.97 Å². The first-order valence-corrected chi connectivity index (χ1v) is 9.28.